The van der Waals surface area contributed by atoms with Crippen molar-refractivity contribution in [2.45, 2.75) is 39.3 Å². The number of anilines is 1. The van der Waals surface area contributed by atoms with Gasteiger partial charge in [-0.1, -0.05) is 11.6 Å². The summed E-state index contributed by atoms with van der Waals surface area (Å²) in [6.45, 7) is 5.11. The lowest BCUT2D eigenvalue weighted by Gasteiger charge is -2.26. The SMILES string of the molecule is CCn1cc(CNc2ncc(C(=O)N3CCCCC3)cc2Cl)cn1. The van der Waals surface area contributed by atoms with Crippen LogP contribution in [0.2, 0.25) is 5.02 Å². The van der Waals surface area contributed by atoms with E-state index in [0.717, 1.165) is 38.0 Å². The first-order valence-corrected chi connectivity index (χ1v) is 8.75. The normalized spacial score (nSPS) is 14.7. The molecule has 0 bridgehead atoms. The summed E-state index contributed by atoms with van der Waals surface area (Å²) >= 11 is 6.29. The van der Waals surface area contributed by atoms with Crippen LogP contribution in [0.15, 0.2) is 24.7 Å². The molecule has 3 rings (SSSR count). The van der Waals surface area contributed by atoms with Gasteiger partial charge in [-0.2, -0.15) is 5.10 Å². The fraction of sp³-hybridized carbons (Fsp3) is 0.471. The van der Waals surface area contributed by atoms with Crippen molar-refractivity contribution in [3.8, 4) is 0 Å². The van der Waals surface area contributed by atoms with Gasteiger partial charge in [0, 0.05) is 44.1 Å². The van der Waals surface area contributed by atoms with E-state index in [0.29, 0.717) is 22.9 Å². The topological polar surface area (TPSA) is 63.1 Å². The maximum atomic E-state index is 12.5. The van der Waals surface area contributed by atoms with Gasteiger partial charge in [0.1, 0.15) is 5.82 Å². The summed E-state index contributed by atoms with van der Waals surface area (Å²) < 4.78 is 1.87. The van der Waals surface area contributed by atoms with Crippen LogP contribution in [0.4, 0.5) is 5.82 Å². The summed E-state index contributed by atoms with van der Waals surface area (Å²) in [5, 5.41) is 7.88. The number of carbonyl (C=O) groups excluding carboxylic acids is 1. The van der Waals surface area contributed by atoms with Crippen molar-refractivity contribution < 1.29 is 4.79 Å². The van der Waals surface area contributed by atoms with E-state index in [2.05, 4.69) is 15.4 Å². The second-order valence-corrected chi connectivity index (χ2v) is 6.37. The smallest absolute Gasteiger partial charge is 0.255 e. The molecular formula is C17H22ClN5O. The molecule has 1 aliphatic heterocycles. The number of carbonyl (C=O) groups is 1. The number of pyridine rings is 1. The number of nitrogens with zero attached hydrogens (tertiary/aromatic N) is 4. The number of aromatic nitrogens is 3. The first kappa shape index (κ1) is 16.8. The number of nitrogens with one attached hydrogen (secondary N) is 1. The van der Waals surface area contributed by atoms with E-state index in [1.807, 2.05) is 28.9 Å². The molecule has 6 nitrogen and oxygen atoms in total. The molecule has 0 spiro atoms. The number of aryl methyl sites for hydroxylation is 1. The number of hydrogen-bond donors (Lipinski definition) is 1. The maximum absolute atomic E-state index is 12.5. The largest absolute Gasteiger partial charge is 0.365 e. The van der Waals surface area contributed by atoms with Gasteiger partial charge in [0.15, 0.2) is 0 Å². The number of hydrogen-bond acceptors (Lipinski definition) is 4. The summed E-state index contributed by atoms with van der Waals surface area (Å²) in [5.41, 5.74) is 1.61. The van der Waals surface area contributed by atoms with E-state index in [9.17, 15) is 4.79 Å². The highest BCUT2D eigenvalue weighted by Crippen LogP contribution is 2.22. The quantitative estimate of drug-likeness (QED) is 0.902. The van der Waals surface area contributed by atoms with Crippen molar-refractivity contribution in [2.75, 3.05) is 18.4 Å². The second kappa shape index (κ2) is 7.66. The molecule has 1 N–H and O–H groups in total. The summed E-state index contributed by atoms with van der Waals surface area (Å²) in [6.07, 6.45) is 8.73. The highest BCUT2D eigenvalue weighted by Gasteiger charge is 2.19. The van der Waals surface area contributed by atoms with Gasteiger partial charge in [0.25, 0.3) is 5.91 Å². The molecule has 0 saturated carbocycles. The van der Waals surface area contributed by atoms with E-state index in [-0.39, 0.29) is 5.91 Å². The van der Waals surface area contributed by atoms with Crippen molar-refractivity contribution in [2.24, 2.45) is 0 Å². The van der Waals surface area contributed by atoms with Crippen LogP contribution in [0.1, 0.15) is 42.1 Å². The molecule has 0 aliphatic carbocycles. The van der Waals surface area contributed by atoms with Gasteiger partial charge in [0.05, 0.1) is 16.8 Å². The number of likely N-dealkylation sites (tertiary alicyclic amines) is 1. The van der Waals surface area contributed by atoms with Crippen molar-refractivity contribution in [1.29, 1.82) is 0 Å². The Balaban J connectivity index is 1.64. The summed E-state index contributed by atoms with van der Waals surface area (Å²) in [6, 6.07) is 1.70. The first-order chi connectivity index (χ1) is 11.7. The van der Waals surface area contributed by atoms with Crippen LogP contribution in [0.5, 0.6) is 0 Å². The van der Waals surface area contributed by atoms with Crippen molar-refractivity contribution in [3.63, 3.8) is 0 Å². The molecule has 3 heterocycles. The molecule has 24 heavy (non-hydrogen) atoms. The second-order valence-electron chi connectivity index (χ2n) is 5.97. The highest BCUT2D eigenvalue weighted by molar-refractivity contribution is 6.33. The number of halogens is 1. The lowest BCUT2D eigenvalue weighted by Crippen LogP contribution is -2.35. The lowest BCUT2D eigenvalue weighted by molar-refractivity contribution is 0.0724. The molecule has 0 aromatic carbocycles. The summed E-state index contributed by atoms with van der Waals surface area (Å²) in [4.78, 5) is 18.7. The Labute approximate surface area is 146 Å². The van der Waals surface area contributed by atoms with Gasteiger partial charge in [0.2, 0.25) is 0 Å². The fourth-order valence-corrected chi connectivity index (χ4v) is 3.05. The Bertz CT molecular complexity index is 709. The average molecular weight is 348 g/mol. The summed E-state index contributed by atoms with van der Waals surface area (Å²) in [5.74, 6) is 0.594. The zero-order valence-electron chi connectivity index (χ0n) is 13.8. The van der Waals surface area contributed by atoms with Crippen LogP contribution < -0.4 is 5.32 Å². The molecule has 1 amide bonds. The Morgan fingerprint density at radius 3 is 2.75 bits per heavy atom. The van der Waals surface area contributed by atoms with Crippen LogP contribution in [0.25, 0.3) is 0 Å². The average Bonchev–Trinajstić information content (AvgIpc) is 3.09. The van der Waals surface area contributed by atoms with Gasteiger partial charge in [-0.25, -0.2) is 4.98 Å². The monoisotopic (exact) mass is 347 g/mol. The molecule has 0 radical (unpaired) electrons. The van der Waals surface area contributed by atoms with Gasteiger partial charge < -0.3 is 10.2 Å². The Morgan fingerprint density at radius 2 is 2.08 bits per heavy atom. The molecule has 1 aliphatic rings. The Morgan fingerprint density at radius 1 is 1.29 bits per heavy atom. The third-order valence-electron chi connectivity index (χ3n) is 4.20. The molecule has 128 valence electrons. The highest BCUT2D eigenvalue weighted by atomic mass is 35.5. The first-order valence-electron chi connectivity index (χ1n) is 8.37. The molecule has 7 heteroatoms. The van der Waals surface area contributed by atoms with E-state index < -0.39 is 0 Å². The summed E-state index contributed by atoms with van der Waals surface area (Å²) in [7, 11) is 0. The Hall–Kier alpha value is -2.08. The van der Waals surface area contributed by atoms with Gasteiger partial charge in [-0.05, 0) is 32.3 Å². The van der Waals surface area contributed by atoms with Crippen LogP contribution >= 0.6 is 11.6 Å². The lowest BCUT2D eigenvalue weighted by atomic mass is 10.1. The van der Waals surface area contributed by atoms with Crippen LogP contribution in [0.3, 0.4) is 0 Å². The minimum Gasteiger partial charge on any atom is -0.365 e. The zero-order valence-corrected chi connectivity index (χ0v) is 14.6. The molecule has 2 aromatic rings. The predicted molar refractivity (Wildman–Crippen MR) is 94.2 cm³/mol. The maximum Gasteiger partial charge on any atom is 0.255 e. The number of amides is 1. The van der Waals surface area contributed by atoms with Crippen molar-refractivity contribution in [1.82, 2.24) is 19.7 Å². The number of piperidine rings is 1. The van der Waals surface area contributed by atoms with Gasteiger partial charge in [-0.3, -0.25) is 9.48 Å². The van der Waals surface area contributed by atoms with Gasteiger partial charge >= 0.3 is 0 Å². The van der Waals surface area contributed by atoms with Crippen molar-refractivity contribution >= 4 is 23.3 Å². The van der Waals surface area contributed by atoms with Crippen LogP contribution in [-0.4, -0.2) is 38.7 Å². The fourth-order valence-electron chi connectivity index (χ4n) is 2.82. The van der Waals surface area contributed by atoms with Crippen LogP contribution in [0, 0.1) is 0 Å². The molecule has 1 fully saturated rings. The van der Waals surface area contributed by atoms with E-state index in [1.54, 1.807) is 12.3 Å². The number of rotatable bonds is 5. The molecule has 0 atom stereocenters. The third-order valence-corrected chi connectivity index (χ3v) is 4.49. The van der Waals surface area contributed by atoms with Crippen molar-refractivity contribution in [3.05, 3.63) is 40.8 Å². The zero-order chi connectivity index (χ0) is 16.9. The predicted octanol–water partition coefficient (Wildman–Crippen LogP) is 3.19. The third kappa shape index (κ3) is 3.87. The molecular weight excluding hydrogens is 326 g/mol. The minimum absolute atomic E-state index is 0.0138. The Kier molecular flexibility index (Phi) is 5.35. The van der Waals surface area contributed by atoms with E-state index in [4.69, 9.17) is 11.6 Å². The van der Waals surface area contributed by atoms with E-state index in [1.165, 1.54) is 6.42 Å². The van der Waals surface area contributed by atoms with E-state index >= 15 is 0 Å². The minimum atomic E-state index is 0.0138. The molecule has 1 saturated heterocycles. The van der Waals surface area contributed by atoms with Crippen LogP contribution in [-0.2, 0) is 13.1 Å². The molecule has 2 aromatic heterocycles. The van der Waals surface area contributed by atoms with Gasteiger partial charge in [-0.15, -0.1) is 0 Å². The standard InChI is InChI=1S/C17H22ClN5O/c1-2-23-12-13(10-21-23)9-19-16-15(18)8-14(11-20-16)17(24)22-6-4-3-5-7-22/h8,10-12H,2-7,9H2,1H3,(H,19,20). The molecule has 0 unspecified atom stereocenters.